The third kappa shape index (κ3) is 4.14. The minimum Gasteiger partial charge on any atom is -0.382 e. The standard InChI is InChI=1S/C11H20N4/c1-3-4-5-6-9-15(2)11-8-7-10(12)13-14-11/h7-8H,3-6,9H2,1-2H3,(H2,12,13). The summed E-state index contributed by atoms with van der Waals surface area (Å²) in [7, 11) is 2.03. The molecule has 0 aliphatic rings. The minimum atomic E-state index is 0.470. The van der Waals surface area contributed by atoms with Crippen molar-refractivity contribution in [3.05, 3.63) is 12.1 Å². The number of anilines is 2. The monoisotopic (exact) mass is 208 g/mol. The molecule has 0 bridgehead atoms. The number of nitrogens with zero attached hydrogens (tertiary/aromatic N) is 3. The first kappa shape index (κ1) is 11.8. The van der Waals surface area contributed by atoms with E-state index in [-0.39, 0.29) is 0 Å². The van der Waals surface area contributed by atoms with Crippen molar-refractivity contribution < 1.29 is 0 Å². The molecule has 2 N–H and O–H groups in total. The zero-order valence-corrected chi connectivity index (χ0v) is 9.61. The van der Waals surface area contributed by atoms with Crippen LogP contribution in [0.15, 0.2) is 12.1 Å². The Kier molecular flexibility index (Phi) is 4.87. The molecule has 0 unspecified atom stereocenters. The second kappa shape index (κ2) is 6.22. The van der Waals surface area contributed by atoms with Gasteiger partial charge in [0.1, 0.15) is 5.82 Å². The number of hydrogen-bond donors (Lipinski definition) is 1. The molecule has 1 aromatic rings. The molecule has 1 rings (SSSR count). The van der Waals surface area contributed by atoms with Crippen LogP contribution in [0.2, 0.25) is 0 Å². The van der Waals surface area contributed by atoms with Crippen molar-refractivity contribution in [1.29, 1.82) is 0 Å². The summed E-state index contributed by atoms with van der Waals surface area (Å²) in [5, 5.41) is 7.86. The first-order valence-electron chi connectivity index (χ1n) is 5.54. The molecule has 0 saturated heterocycles. The van der Waals surface area contributed by atoms with Gasteiger partial charge in [-0.1, -0.05) is 26.2 Å². The molecule has 0 amide bonds. The van der Waals surface area contributed by atoms with Crippen molar-refractivity contribution in [3.8, 4) is 0 Å². The lowest BCUT2D eigenvalue weighted by Gasteiger charge is -2.16. The van der Waals surface area contributed by atoms with E-state index in [0.29, 0.717) is 5.82 Å². The average molecular weight is 208 g/mol. The van der Waals surface area contributed by atoms with Crippen LogP contribution in [0.4, 0.5) is 11.6 Å². The molecule has 0 saturated carbocycles. The molecule has 0 spiro atoms. The summed E-state index contributed by atoms with van der Waals surface area (Å²) >= 11 is 0. The topological polar surface area (TPSA) is 55.0 Å². The van der Waals surface area contributed by atoms with Gasteiger partial charge in [-0.15, -0.1) is 10.2 Å². The molecule has 0 atom stereocenters. The van der Waals surface area contributed by atoms with E-state index in [9.17, 15) is 0 Å². The van der Waals surface area contributed by atoms with Crippen molar-refractivity contribution in [3.63, 3.8) is 0 Å². The van der Waals surface area contributed by atoms with Crippen molar-refractivity contribution in [2.24, 2.45) is 0 Å². The lowest BCUT2D eigenvalue weighted by Crippen LogP contribution is -2.20. The quantitative estimate of drug-likeness (QED) is 0.727. The smallest absolute Gasteiger partial charge is 0.151 e. The highest BCUT2D eigenvalue weighted by Crippen LogP contribution is 2.09. The van der Waals surface area contributed by atoms with Gasteiger partial charge in [-0.25, -0.2) is 0 Å². The van der Waals surface area contributed by atoms with Crippen LogP contribution in [-0.4, -0.2) is 23.8 Å². The summed E-state index contributed by atoms with van der Waals surface area (Å²) in [6.45, 7) is 3.24. The summed E-state index contributed by atoms with van der Waals surface area (Å²) in [4.78, 5) is 2.11. The highest BCUT2D eigenvalue weighted by Gasteiger charge is 2.01. The van der Waals surface area contributed by atoms with Gasteiger partial charge in [-0.3, -0.25) is 0 Å². The van der Waals surface area contributed by atoms with Gasteiger partial charge in [0.2, 0.25) is 0 Å². The zero-order valence-electron chi connectivity index (χ0n) is 9.61. The second-order valence-corrected chi connectivity index (χ2v) is 3.80. The molecule has 4 nitrogen and oxygen atoms in total. The van der Waals surface area contributed by atoms with Gasteiger partial charge in [0, 0.05) is 13.6 Å². The van der Waals surface area contributed by atoms with Gasteiger partial charge in [-0.05, 0) is 18.6 Å². The molecule has 0 aliphatic carbocycles. The Bertz CT molecular complexity index is 270. The Balaban J connectivity index is 2.33. The minimum absolute atomic E-state index is 0.470. The summed E-state index contributed by atoms with van der Waals surface area (Å²) in [6.07, 6.45) is 5.06. The zero-order chi connectivity index (χ0) is 11.1. The van der Waals surface area contributed by atoms with Crippen LogP contribution in [0.5, 0.6) is 0 Å². The Morgan fingerprint density at radius 2 is 2.00 bits per heavy atom. The maximum absolute atomic E-state index is 5.47. The largest absolute Gasteiger partial charge is 0.382 e. The molecule has 0 radical (unpaired) electrons. The Morgan fingerprint density at radius 3 is 2.60 bits per heavy atom. The Morgan fingerprint density at radius 1 is 1.20 bits per heavy atom. The molecule has 15 heavy (non-hydrogen) atoms. The van der Waals surface area contributed by atoms with E-state index in [1.807, 2.05) is 13.1 Å². The number of nitrogens with two attached hydrogens (primary N) is 1. The fourth-order valence-electron chi connectivity index (χ4n) is 1.43. The summed E-state index contributed by atoms with van der Waals surface area (Å²) in [6, 6.07) is 3.69. The first-order valence-corrected chi connectivity index (χ1v) is 5.54. The molecule has 84 valence electrons. The number of hydrogen-bond acceptors (Lipinski definition) is 4. The molecule has 1 aromatic heterocycles. The third-order valence-electron chi connectivity index (χ3n) is 2.41. The van der Waals surface area contributed by atoms with Gasteiger partial charge in [0.15, 0.2) is 5.82 Å². The molecule has 0 fully saturated rings. The Hall–Kier alpha value is -1.32. The second-order valence-electron chi connectivity index (χ2n) is 3.80. The predicted molar refractivity (Wildman–Crippen MR) is 63.9 cm³/mol. The van der Waals surface area contributed by atoms with Gasteiger partial charge in [0.25, 0.3) is 0 Å². The van der Waals surface area contributed by atoms with Crippen LogP contribution in [0, 0.1) is 0 Å². The van der Waals surface area contributed by atoms with Crippen molar-refractivity contribution >= 4 is 11.6 Å². The average Bonchev–Trinajstić information content (AvgIpc) is 2.25. The van der Waals surface area contributed by atoms with E-state index < -0.39 is 0 Å². The Labute approximate surface area is 91.5 Å². The third-order valence-corrected chi connectivity index (χ3v) is 2.41. The normalized spacial score (nSPS) is 10.3. The highest BCUT2D eigenvalue weighted by molar-refractivity contribution is 5.40. The van der Waals surface area contributed by atoms with Gasteiger partial charge in [-0.2, -0.15) is 0 Å². The van der Waals surface area contributed by atoms with Crippen molar-refractivity contribution in [2.75, 3.05) is 24.2 Å². The molecular formula is C11H20N4. The van der Waals surface area contributed by atoms with E-state index in [1.54, 1.807) is 6.07 Å². The number of nitrogen functional groups attached to an aromatic ring is 1. The highest BCUT2D eigenvalue weighted by atomic mass is 15.3. The lowest BCUT2D eigenvalue weighted by atomic mass is 10.2. The number of unbranched alkanes of at least 4 members (excludes halogenated alkanes) is 3. The summed E-state index contributed by atoms with van der Waals surface area (Å²) in [5.41, 5.74) is 5.47. The summed E-state index contributed by atoms with van der Waals surface area (Å²) < 4.78 is 0. The predicted octanol–water partition coefficient (Wildman–Crippen LogP) is 2.08. The number of rotatable bonds is 6. The molecule has 0 aliphatic heterocycles. The van der Waals surface area contributed by atoms with Crippen LogP contribution < -0.4 is 10.6 Å². The maximum Gasteiger partial charge on any atom is 0.151 e. The first-order chi connectivity index (χ1) is 7.24. The van der Waals surface area contributed by atoms with Crippen molar-refractivity contribution in [1.82, 2.24) is 10.2 Å². The van der Waals surface area contributed by atoms with Crippen LogP contribution in [-0.2, 0) is 0 Å². The maximum atomic E-state index is 5.47. The number of aromatic nitrogens is 2. The lowest BCUT2D eigenvalue weighted by molar-refractivity contribution is 0.657. The van der Waals surface area contributed by atoms with Gasteiger partial charge >= 0.3 is 0 Å². The molecule has 1 heterocycles. The SMILES string of the molecule is CCCCCCN(C)c1ccc(N)nn1. The van der Waals surface area contributed by atoms with Crippen LogP contribution in [0.3, 0.4) is 0 Å². The van der Waals surface area contributed by atoms with E-state index in [2.05, 4.69) is 22.0 Å². The van der Waals surface area contributed by atoms with Crippen LogP contribution in [0.1, 0.15) is 32.6 Å². The van der Waals surface area contributed by atoms with E-state index in [4.69, 9.17) is 5.73 Å². The van der Waals surface area contributed by atoms with E-state index in [0.717, 1.165) is 12.4 Å². The van der Waals surface area contributed by atoms with E-state index >= 15 is 0 Å². The summed E-state index contributed by atoms with van der Waals surface area (Å²) in [5.74, 6) is 1.36. The van der Waals surface area contributed by atoms with Crippen LogP contribution >= 0.6 is 0 Å². The molecular weight excluding hydrogens is 188 g/mol. The molecule has 4 heteroatoms. The fraction of sp³-hybridized carbons (Fsp3) is 0.636. The van der Waals surface area contributed by atoms with E-state index in [1.165, 1.54) is 25.7 Å². The van der Waals surface area contributed by atoms with Crippen LogP contribution in [0.25, 0.3) is 0 Å². The fourth-order valence-corrected chi connectivity index (χ4v) is 1.43. The van der Waals surface area contributed by atoms with Crippen molar-refractivity contribution in [2.45, 2.75) is 32.6 Å². The van der Waals surface area contributed by atoms with Gasteiger partial charge in [0.05, 0.1) is 0 Å². The van der Waals surface area contributed by atoms with Gasteiger partial charge < -0.3 is 10.6 Å². The molecule has 0 aromatic carbocycles.